The van der Waals surface area contributed by atoms with Crippen LogP contribution in [0.4, 0.5) is 0 Å². The number of nitrogens with zero attached hydrogens (tertiary/aromatic N) is 2. The van der Waals surface area contributed by atoms with Crippen molar-refractivity contribution >= 4 is 11.8 Å². The highest BCUT2D eigenvalue weighted by molar-refractivity contribution is 6.03. The van der Waals surface area contributed by atoms with Crippen molar-refractivity contribution in [1.29, 1.82) is 5.26 Å². The largest absolute Gasteiger partial charge is 0.294 e. The smallest absolute Gasteiger partial charge is 0.246 e. The molecule has 1 saturated heterocycles. The molecule has 5 heteroatoms. The highest BCUT2D eigenvalue weighted by Gasteiger charge is 2.42. The van der Waals surface area contributed by atoms with Gasteiger partial charge in [0, 0.05) is 0 Å². The number of carbonyl (C=O) groups is 2. The molecule has 0 aromatic heterocycles. The lowest BCUT2D eigenvalue weighted by atomic mass is 9.97. The Morgan fingerprint density at radius 2 is 2.14 bits per heavy atom. The molecule has 1 heterocycles. The van der Waals surface area contributed by atoms with Crippen LogP contribution in [0.15, 0.2) is 0 Å². The molecular weight excluding hydrogens is 182 g/mol. The average molecular weight is 195 g/mol. The van der Waals surface area contributed by atoms with Crippen LogP contribution in [0.3, 0.4) is 0 Å². The molecule has 2 amide bonds. The van der Waals surface area contributed by atoms with Crippen molar-refractivity contribution < 1.29 is 9.59 Å². The molecule has 0 saturated carbocycles. The number of hydrogen-bond acceptors (Lipinski definition) is 4. The molecule has 5 nitrogen and oxygen atoms in total. The summed E-state index contributed by atoms with van der Waals surface area (Å²) in [6, 6.07) is 1.58. The van der Waals surface area contributed by atoms with E-state index in [1.807, 2.05) is 6.07 Å². The first-order chi connectivity index (χ1) is 6.39. The predicted octanol–water partition coefficient (Wildman–Crippen LogP) is -0.365. The Labute approximate surface area is 82.7 Å². The first-order valence-corrected chi connectivity index (χ1v) is 4.40. The standard InChI is InChI=1S/C9H13N3O2/c1-6(4-10)12-5-7(13)11-8(14)9(12,2)3/h6H,5H2,1-3H3,(H,11,13,14). The van der Waals surface area contributed by atoms with Gasteiger partial charge in [0.1, 0.15) is 0 Å². The maximum atomic E-state index is 11.5. The van der Waals surface area contributed by atoms with Gasteiger partial charge in [0.2, 0.25) is 11.8 Å². The number of nitrogens with one attached hydrogen (secondary N) is 1. The van der Waals surface area contributed by atoms with Crippen LogP contribution in [0.5, 0.6) is 0 Å². The Balaban J connectivity index is 2.97. The van der Waals surface area contributed by atoms with Crippen molar-refractivity contribution in [3.05, 3.63) is 0 Å². The number of imide groups is 1. The molecule has 1 fully saturated rings. The molecule has 1 rings (SSSR count). The van der Waals surface area contributed by atoms with Gasteiger partial charge < -0.3 is 0 Å². The molecule has 1 aliphatic rings. The van der Waals surface area contributed by atoms with E-state index in [1.165, 1.54) is 0 Å². The van der Waals surface area contributed by atoms with Crippen LogP contribution in [-0.2, 0) is 9.59 Å². The summed E-state index contributed by atoms with van der Waals surface area (Å²) >= 11 is 0. The minimum Gasteiger partial charge on any atom is -0.294 e. The van der Waals surface area contributed by atoms with E-state index < -0.39 is 11.6 Å². The van der Waals surface area contributed by atoms with Gasteiger partial charge in [-0.3, -0.25) is 19.8 Å². The lowest BCUT2D eigenvalue weighted by Crippen LogP contribution is -2.65. The summed E-state index contributed by atoms with van der Waals surface area (Å²) < 4.78 is 0. The summed E-state index contributed by atoms with van der Waals surface area (Å²) in [6.45, 7) is 5.16. The number of nitriles is 1. The van der Waals surface area contributed by atoms with Gasteiger partial charge in [-0.25, -0.2) is 0 Å². The molecule has 1 unspecified atom stereocenters. The van der Waals surface area contributed by atoms with Crippen LogP contribution < -0.4 is 5.32 Å². The number of hydrogen-bond donors (Lipinski definition) is 1. The van der Waals surface area contributed by atoms with Gasteiger partial charge in [-0.05, 0) is 20.8 Å². The molecule has 0 aromatic carbocycles. The Morgan fingerprint density at radius 1 is 1.57 bits per heavy atom. The van der Waals surface area contributed by atoms with Crippen molar-refractivity contribution in [2.75, 3.05) is 6.54 Å². The van der Waals surface area contributed by atoms with E-state index in [2.05, 4.69) is 5.32 Å². The molecule has 1 aliphatic heterocycles. The molecule has 0 aliphatic carbocycles. The first-order valence-electron chi connectivity index (χ1n) is 4.40. The van der Waals surface area contributed by atoms with Gasteiger partial charge in [0.25, 0.3) is 0 Å². The molecule has 1 N–H and O–H groups in total. The van der Waals surface area contributed by atoms with E-state index in [9.17, 15) is 9.59 Å². The molecule has 0 radical (unpaired) electrons. The van der Waals surface area contributed by atoms with E-state index in [0.29, 0.717) is 0 Å². The third-order valence-electron chi connectivity index (χ3n) is 2.49. The van der Waals surface area contributed by atoms with Gasteiger partial charge in [0.05, 0.1) is 24.2 Å². The summed E-state index contributed by atoms with van der Waals surface area (Å²) in [5.74, 6) is -0.702. The van der Waals surface area contributed by atoms with Gasteiger partial charge in [-0.1, -0.05) is 0 Å². The highest BCUT2D eigenvalue weighted by atomic mass is 16.2. The van der Waals surface area contributed by atoms with Crippen LogP contribution in [0.2, 0.25) is 0 Å². The normalized spacial score (nSPS) is 23.9. The monoisotopic (exact) mass is 195 g/mol. The predicted molar refractivity (Wildman–Crippen MR) is 49.0 cm³/mol. The Kier molecular flexibility index (Phi) is 2.58. The van der Waals surface area contributed by atoms with Crippen molar-refractivity contribution in [3.8, 4) is 6.07 Å². The van der Waals surface area contributed by atoms with E-state index >= 15 is 0 Å². The van der Waals surface area contributed by atoms with Crippen LogP contribution in [0, 0.1) is 11.3 Å². The zero-order valence-corrected chi connectivity index (χ0v) is 8.50. The Bertz CT molecular complexity index is 317. The molecule has 0 spiro atoms. The second kappa shape index (κ2) is 3.39. The summed E-state index contributed by atoms with van der Waals surface area (Å²) in [5.41, 5.74) is -0.803. The third kappa shape index (κ3) is 1.61. The van der Waals surface area contributed by atoms with Gasteiger partial charge in [-0.2, -0.15) is 5.26 Å². The summed E-state index contributed by atoms with van der Waals surface area (Å²) in [6.07, 6.45) is 0. The average Bonchev–Trinajstić information content (AvgIpc) is 2.10. The lowest BCUT2D eigenvalue weighted by Gasteiger charge is -2.41. The van der Waals surface area contributed by atoms with E-state index in [0.717, 1.165) is 0 Å². The lowest BCUT2D eigenvalue weighted by molar-refractivity contribution is -0.146. The molecule has 14 heavy (non-hydrogen) atoms. The van der Waals surface area contributed by atoms with Crippen LogP contribution >= 0.6 is 0 Å². The summed E-state index contributed by atoms with van der Waals surface area (Å²) in [5, 5.41) is 11.0. The molecule has 76 valence electrons. The minimum atomic E-state index is -0.803. The topological polar surface area (TPSA) is 73.2 Å². The number of amides is 2. The zero-order valence-electron chi connectivity index (χ0n) is 8.50. The number of piperazine rings is 1. The Morgan fingerprint density at radius 3 is 2.64 bits per heavy atom. The maximum absolute atomic E-state index is 11.5. The van der Waals surface area contributed by atoms with E-state index in [1.54, 1.807) is 25.7 Å². The van der Waals surface area contributed by atoms with Crippen LogP contribution in [0.25, 0.3) is 0 Å². The van der Waals surface area contributed by atoms with E-state index in [4.69, 9.17) is 5.26 Å². The minimum absolute atomic E-state index is 0.0907. The Hall–Kier alpha value is -1.41. The van der Waals surface area contributed by atoms with Gasteiger partial charge in [0.15, 0.2) is 0 Å². The van der Waals surface area contributed by atoms with Gasteiger partial charge >= 0.3 is 0 Å². The fourth-order valence-corrected chi connectivity index (χ4v) is 1.49. The molecular formula is C9H13N3O2. The summed E-state index contributed by atoms with van der Waals surface area (Å²) in [7, 11) is 0. The first kappa shape index (κ1) is 10.7. The van der Waals surface area contributed by atoms with Crippen molar-refractivity contribution in [2.24, 2.45) is 0 Å². The van der Waals surface area contributed by atoms with Crippen LogP contribution in [0.1, 0.15) is 20.8 Å². The summed E-state index contributed by atoms with van der Waals surface area (Å²) in [4.78, 5) is 24.2. The highest BCUT2D eigenvalue weighted by Crippen LogP contribution is 2.20. The fraction of sp³-hybridized carbons (Fsp3) is 0.667. The number of rotatable bonds is 1. The van der Waals surface area contributed by atoms with Crippen molar-refractivity contribution in [1.82, 2.24) is 10.2 Å². The molecule has 0 aromatic rings. The molecule has 0 bridgehead atoms. The molecule has 1 atom stereocenters. The van der Waals surface area contributed by atoms with Crippen LogP contribution in [-0.4, -0.2) is 34.8 Å². The third-order valence-corrected chi connectivity index (χ3v) is 2.49. The second-order valence-corrected chi connectivity index (χ2v) is 3.87. The quantitative estimate of drug-likeness (QED) is 0.580. The van der Waals surface area contributed by atoms with E-state index in [-0.39, 0.29) is 18.4 Å². The maximum Gasteiger partial charge on any atom is 0.246 e. The SMILES string of the molecule is CC(C#N)N1CC(=O)NC(=O)C1(C)C. The van der Waals surface area contributed by atoms with Crippen molar-refractivity contribution in [3.63, 3.8) is 0 Å². The fourth-order valence-electron chi connectivity index (χ4n) is 1.49. The van der Waals surface area contributed by atoms with Crippen molar-refractivity contribution in [2.45, 2.75) is 32.4 Å². The number of carbonyl (C=O) groups excluding carboxylic acids is 2. The zero-order chi connectivity index (χ0) is 10.9. The second-order valence-electron chi connectivity index (χ2n) is 3.87. The van der Waals surface area contributed by atoms with Gasteiger partial charge in [-0.15, -0.1) is 0 Å².